The average molecular weight is 523 g/mol. The van der Waals surface area contributed by atoms with Crippen molar-refractivity contribution in [2.45, 2.75) is 25.0 Å². The van der Waals surface area contributed by atoms with E-state index in [0.717, 1.165) is 12.8 Å². The Hall–Kier alpha value is -4.38. The molecule has 0 bridgehead atoms. The van der Waals surface area contributed by atoms with Crippen molar-refractivity contribution in [1.29, 1.82) is 0 Å². The molecule has 3 aromatic rings. The summed E-state index contributed by atoms with van der Waals surface area (Å²) in [6.45, 7) is 0.555. The Kier molecular flexibility index (Phi) is 8.94. The summed E-state index contributed by atoms with van der Waals surface area (Å²) in [5.74, 6) is -0.588. The molecule has 1 aromatic carbocycles. The molecule has 0 unspecified atom stereocenters. The van der Waals surface area contributed by atoms with Gasteiger partial charge in [0.1, 0.15) is 6.04 Å². The van der Waals surface area contributed by atoms with Crippen LogP contribution >= 0.6 is 0 Å². The number of pyridine rings is 1. The van der Waals surface area contributed by atoms with Gasteiger partial charge < -0.3 is 29.3 Å². The molecule has 1 aliphatic heterocycles. The highest BCUT2D eigenvalue weighted by Gasteiger charge is 2.34. The van der Waals surface area contributed by atoms with Gasteiger partial charge in [-0.1, -0.05) is 6.07 Å². The van der Waals surface area contributed by atoms with E-state index in [1.54, 1.807) is 42.6 Å². The van der Waals surface area contributed by atoms with Crippen molar-refractivity contribution < 1.29 is 33.0 Å². The largest absolute Gasteiger partial charge is 0.493 e. The summed E-state index contributed by atoms with van der Waals surface area (Å²) in [7, 11) is 3.00. The summed E-state index contributed by atoms with van der Waals surface area (Å²) in [5, 5.41) is 5.49. The van der Waals surface area contributed by atoms with Crippen molar-refractivity contribution in [1.82, 2.24) is 15.6 Å². The van der Waals surface area contributed by atoms with Crippen molar-refractivity contribution in [3.05, 3.63) is 72.4 Å². The maximum Gasteiger partial charge on any atom is 0.287 e. The fourth-order valence-electron chi connectivity index (χ4n) is 4.23. The topological polar surface area (TPSA) is 132 Å². The summed E-state index contributed by atoms with van der Waals surface area (Å²) >= 11 is 0. The second kappa shape index (κ2) is 12.7. The number of hydrogen-bond acceptors (Lipinski definition) is 8. The lowest BCUT2D eigenvalue weighted by Gasteiger charge is -2.32. The molecular formula is C27H30N4O7. The highest BCUT2D eigenvalue weighted by molar-refractivity contribution is 6.04. The third kappa shape index (κ3) is 6.30. The zero-order chi connectivity index (χ0) is 26.9. The number of aromatic nitrogens is 1. The van der Waals surface area contributed by atoms with Gasteiger partial charge in [-0.2, -0.15) is 0 Å². The third-order valence-electron chi connectivity index (χ3n) is 6.10. The van der Waals surface area contributed by atoms with Gasteiger partial charge in [-0.05, 0) is 54.8 Å². The van der Waals surface area contributed by atoms with E-state index in [9.17, 15) is 14.4 Å². The minimum atomic E-state index is -1.12. The fourth-order valence-corrected chi connectivity index (χ4v) is 4.23. The second-order valence-electron chi connectivity index (χ2n) is 8.53. The number of anilines is 1. The Balaban J connectivity index is 1.68. The first-order valence-electron chi connectivity index (χ1n) is 12.2. The molecule has 2 N–H and O–H groups in total. The van der Waals surface area contributed by atoms with Crippen molar-refractivity contribution in [3.8, 4) is 11.5 Å². The summed E-state index contributed by atoms with van der Waals surface area (Å²) in [6.07, 6.45) is 6.08. The molecular weight excluding hydrogens is 492 g/mol. The Bertz CT molecular complexity index is 1230. The number of amides is 3. The van der Waals surface area contributed by atoms with Crippen molar-refractivity contribution >= 4 is 23.4 Å². The van der Waals surface area contributed by atoms with Crippen LogP contribution in [-0.2, 0) is 14.3 Å². The molecule has 38 heavy (non-hydrogen) atoms. The van der Waals surface area contributed by atoms with E-state index in [1.807, 2.05) is 0 Å². The molecule has 200 valence electrons. The Labute approximate surface area is 220 Å². The smallest absolute Gasteiger partial charge is 0.287 e. The Morgan fingerprint density at radius 1 is 1.11 bits per heavy atom. The molecule has 11 heteroatoms. The number of furan rings is 1. The van der Waals surface area contributed by atoms with Gasteiger partial charge in [-0.15, -0.1) is 0 Å². The minimum Gasteiger partial charge on any atom is -0.493 e. The van der Waals surface area contributed by atoms with E-state index in [4.69, 9.17) is 18.6 Å². The van der Waals surface area contributed by atoms with Crippen molar-refractivity contribution in [2.75, 3.05) is 38.8 Å². The zero-order valence-corrected chi connectivity index (χ0v) is 21.2. The first-order chi connectivity index (χ1) is 18.5. The van der Waals surface area contributed by atoms with Crippen LogP contribution in [0.2, 0.25) is 0 Å². The van der Waals surface area contributed by atoms with E-state index < -0.39 is 30.3 Å². The number of hydrogen-bond donors (Lipinski definition) is 2. The molecule has 1 fully saturated rings. The molecule has 11 nitrogen and oxygen atoms in total. The molecule has 0 saturated carbocycles. The van der Waals surface area contributed by atoms with Gasteiger partial charge in [-0.3, -0.25) is 24.3 Å². The van der Waals surface area contributed by atoms with Gasteiger partial charge in [0.05, 0.1) is 45.0 Å². The van der Waals surface area contributed by atoms with Crippen LogP contribution in [0.3, 0.4) is 0 Å². The predicted octanol–water partition coefficient (Wildman–Crippen LogP) is 2.49. The molecule has 0 spiro atoms. The van der Waals surface area contributed by atoms with Crippen LogP contribution in [-0.4, -0.2) is 62.7 Å². The van der Waals surface area contributed by atoms with Gasteiger partial charge in [0, 0.05) is 19.3 Å². The van der Waals surface area contributed by atoms with E-state index >= 15 is 0 Å². The first-order valence-corrected chi connectivity index (χ1v) is 12.2. The van der Waals surface area contributed by atoms with Crippen LogP contribution in [0.4, 0.5) is 5.69 Å². The highest BCUT2D eigenvalue weighted by atomic mass is 16.5. The lowest BCUT2D eigenvalue weighted by atomic mass is 10.0. The van der Waals surface area contributed by atoms with Crippen LogP contribution in [0.5, 0.6) is 11.5 Å². The van der Waals surface area contributed by atoms with E-state index in [1.165, 1.54) is 37.6 Å². The average Bonchev–Trinajstić information content (AvgIpc) is 3.68. The van der Waals surface area contributed by atoms with Crippen molar-refractivity contribution in [2.24, 2.45) is 0 Å². The van der Waals surface area contributed by atoms with Gasteiger partial charge >= 0.3 is 0 Å². The standard InChI is InChI=1S/C27H30N4O7/c1-35-21-10-9-18(14-23(21)36-2)25(27(34)29-16-20-7-4-12-37-20)31(19-6-3-11-28-15-19)24(32)17-30-26(33)22-8-5-13-38-22/h3,5-6,8-11,13-15,20,25H,4,7,12,16-17H2,1-2H3,(H,29,34)(H,30,33)/t20-,25-/m0/s1. The predicted molar refractivity (Wildman–Crippen MR) is 137 cm³/mol. The molecule has 2 atom stereocenters. The molecule has 1 saturated heterocycles. The van der Waals surface area contributed by atoms with Gasteiger partial charge in [0.15, 0.2) is 17.3 Å². The molecule has 2 aromatic heterocycles. The second-order valence-corrected chi connectivity index (χ2v) is 8.53. The maximum atomic E-state index is 13.7. The van der Waals surface area contributed by atoms with Crippen LogP contribution in [0, 0.1) is 0 Å². The van der Waals surface area contributed by atoms with E-state index in [0.29, 0.717) is 35.9 Å². The lowest BCUT2D eigenvalue weighted by Crippen LogP contribution is -2.48. The number of carbonyl (C=O) groups is 3. The molecule has 0 aliphatic carbocycles. The Morgan fingerprint density at radius 3 is 2.61 bits per heavy atom. The van der Waals surface area contributed by atoms with Gasteiger partial charge in [0.2, 0.25) is 11.8 Å². The first kappa shape index (κ1) is 26.7. The summed E-state index contributed by atoms with van der Waals surface area (Å²) in [4.78, 5) is 45.3. The minimum absolute atomic E-state index is 0.0662. The number of benzene rings is 1. The number of rotatable bonds is 11. The molecule has 4 rings (SSSR count). The van der Waals surface area contributed by atoms with Gasteiger partial charge in [0.25, 0.3) is 5.91 Å². The maximum absolute atomic E-state index is 13.7. The van der Waals surface area contributed by atoms with Crippen molar-refractivity contribution in [3.63, 3.8) is 0 Å². The number of methoxy groups -OCH3 is 2. The number of nitrogens with one attached hydrogen (secondary N) is 2. The molecule has 3 heterocycles. The third-order valence-corrected chi connectivity index (χ3v) is 6.10. The zero-order valence-electron chi connectivity index (χ0n) is 21.2. The quantitative estimate of drug-likeness (QED) is 0.393. The SMILES string of the molecule is COc1ccc([C@@H](C(=O)NC[C@@H]2CCCO2)N(C(=O)CNC(=O)c2ccco2)c2cccnc2)cc1OC. The Morgan fingerprint density at radius 2 is 1.95 bits per heavy atom. The summed E-state index contributed by atoms with van der Waals surface area (Å²) < 4.78 is 21.6. The number of ether oxygens (including phenoxy) is 3. The van der Waals surface area contributed by atoms with E-state index in [-0.39, 0.29) is 11.9 Å². The molecule has 0 radical (unpaired) electrons. The normalized spacial score (nSPS) is 15.4. The molecule has 3 amide bonds. The number of carbonyl (C=O) groups excluding carboxylic acids is 3. The summed E-state index contributed by atoms with van der Waals surface area (Å²) in [5.41, 5.74) is 0.846. The number of nitrogens with zero attached hydrogens (tertiary/aromatic N) is 2. The van der Waals surface area contributed by atoms with Crippen LogP contribution in [0.1, 0.15) is 35.0 Å². The van der Waals surface area contributed by atoms with Gasteiger partial charge in [-0.25, -0.2) is 0 Å². The fraction of sp³-hybridized carbons (Fsp3) is 0.333. The van der Waals surface area contributed by atoms with Crippen LogP contribution in [0.15, 0.2) is 65.5 Å². The van der Waals surface area contributed by atoms with E-state index in [2.05, 4.69) is 15.6 Å². The monoisotopic (exact) mass is 522 g/mol. The van der Waals surface area contributed by atoms with Crippen LogP contribution < -0.4 is 25.0 Å². The molecule has 1 aliphatic rings. The summed E-state index contributed by atoms with van der Waals surface area (Å²) in [6, 6.07) is 10.3. The lowest BCUT2D eigenvalue weighted by molar-refractivity contribution is -0.126. The van der Waals surface area contributed by atoms with Crippen LogP contribution in [0.25, 0.3) is 0 Å². The highest BCUT2D eigenvalue weighted by Crippen LogP contribution is 2.34.